The molecular weight excluding hydrogens is 330 g/mol. The van der Waals surface area contributed by atoms with Crippen molar-refractivity contribution in [3.63, 3.8) is 0 Å². The number of anilines is 1. The van der Waals surface area contributed by atoms with Crippen LogP contribution in [0.3, 0.4) is 0 Å². The van der Waals surface area contributed by atoms with E-state index in [0.717, 1.165) is 47.2 Å². The molecule has 2 aromatic rings. The summed E-state index contributed by atoms with van der Waals surface area (Å²) < 4.78 is 0. The van der Waals surface area contributed by atoms with Crippen molar-refractivity contribution in [2.24, 2.45) is 0 Å². The highest BCUT2D eigenvalue weighted by Crippen LogP contribution is 2.29. The SMILES string of the molecule is CN(C)c1ccc(C=C2CCCC(=Cc3ccccc3Cl)C2=O)cc1. The smallest absolute Gasteiger partial charge is 0.185 e. The molecule has 0 spiro atoms. The summed E-state index contributed by atoms with van der Waals surface area (Å²) >= 11 is 6.22. The molecule has 0 unspecified atom stereocenters. The summed E-state index contributed by atoms with van der Waals surface area (Å²) in [6, 6.07) is 15.9. The molecule has 128 valence electrons. The second kappa shape index (κ2) is 7.71. The van der Waals surface area contributed by atoms with Crippen LogP contribution in [0.5, 0.6) is 0 Å². The molecule has 1 aliphatic carbocycles. The summed E-state index contributed by atoms with van der Waals surface area (Å²) in [6.45, 7) is 0. The van der Waals surface area contributed by atoms with Crippen LogP contribution in [0, 0.1) is 0 Å². The van der Waals surface area contributed by atoms with Gasteiger partial charge in [0.1, 0.15) is 0 Å². The number of allylic oxidation sites excluding steroid dienone is 2. The van der Waals surface area contributed by atoms with Crippen LogP contribution in [-0.2, 0) is 4.79 Å². The van der Waals surface area contributed by atoms with E-state index in [-0.39, 0.29) is 5.78 Å². The molecule has 2 nitrogen and oxygen atoms in total. The van der Waals surface area contributed by atoms with Crippen molar-refractivity contribution in [1.29, 1.82) is 0 Å². The van der Waals surface area contributed by atoms with Crippen molar-refractivity contribution in [2.75, 3.05) is 19.0 Å². The molecule has 1 saturated carbocycles. The second-order valence-electron chi connectivity index (χ2n) is 6.53. The zero-order valence-electron chi connectivity index (χ0n) is 14.6. The zero-order chi connectivity index (χ0) is 17.8. The maximum absolute atomic E-state index is 12.8. The normalized spacial score (nSPS) is 18.0. The largest absolute Gasteiger partial charge is 0.378 e. The van der Waals surface area contributed by atoms with Crippen molar-refractivity contribution in [2.45, 2.75) is 19.3 Å². The molecule has 0 amide bonds. The number of rotatable bonds is 3. The van der Waals surface area contributed by atoms with E-state index in [0.29, 0.717) is 5.02 Å². The van der Waals surface area contributed by atoms with Gasteiger partial charge in [0.2, 0.25) is 0 Å². The average molecular weight is 352 g/mol. The molecule has 3 heteroatoms. The van der Waals surface area contributed by atoms with Crippen LogP contribution in [0.15, 0.2) is 59.7 Å². The topological polar surface area (TPSA) is 20.3 Å². The van der Waals surface area contributed by atoms with Gasteiger partial charge in [-0.15, -0.1) is 0 Å². The molecule has 0 aliphatic heterocycles. The quantitative estimate of drug-likeness (QED) is 0.668. The highest BCUT2D eigenvalue weighted by atomic mass is 35.5. The van der Waals surface area contributed by atoms with Gasteiger partial charge in [0.15, 0.2) is 5.78 Å². The van der Waals surface area contributed by atoms with E-state index in [1.54, 1.807) is 0 Å². The Morgan fingerprint density at radius 2 is 1.56 bits per heavy atom. The molecule has 0 N–H and O–H groups in total. The minimum absolute atomic E-state index is 0.142. The third-order valence-corrected chi connectivity index (χ3v) is 4.81. The first-order valence-corrected chi connectivity index (χ1v) is 8.90. The van der Waals surface area contributed by atoms with E-state index in [2.05, 4.69) is 29.2 Å². The van der Waals surface area contributed by atoms with Gasteiger partial charge in [-0.25, -0.2) is 0 Å². The van der Waals surface area contributed by atoms with Crippen LogP contribution in [0.2, 0.25) is 5.02 Å². The first-order valence-electron chi connectivity index (χ1n) is 8.52. The lowest BCUT2D eigenvalue weighted by Gasteiger charge is -2.17. The number of ketones is 1. The van der Waals surface area contributed by atoms with Crippen molar-refractivity contribution < 1.29 is 4.79 Å². The lowest BCUT2D eigenvalue weighted by atomic mass is 9.87. The van der Waals surface area contributed by atoms with E-state index in [1.807, 2.05) is 50.5 Å². The number of benzene rings is 2. The van der Waals surface area contributed by atoms with E-state index < -0.39 is 0 Å². The monoisotopic (exact) mass is 351 g/mol. The Labute approximate surface area is 154 Å². The maximum Gasteiger partial charge on any atom is 0.185 e. The molecule has 0 bridgehead atoms. The highest BCUT2D eigenvalue weighted by Gasteiger charge is 2.20. The molecule has 0 radical (unpaired) electrons. The van der Waals surface area contributed by atoms with Crippen molar-refractivity contribution in [3.8, 4) is 0 Å². The van der Waals surface area contributed by atoms with E-state index in [4.69, 9.17) is 11.6 Å². The van der Waals surface area contributed by atoms with Crippen LogP contribution >= 0.6 is 11.6 Å². The number of nitrogens with zero attached hydrogens (tertiary/aromatic N) is 1. The van der Waals surface area contributed by atoms with Crippen LogP contribution in [0.4, 0.5) is 5.69 Å². The minimum atomic E-state index is 0.142. The fourth-order valence-corrected chi connectivity index (χ4v) is 3.22. The molecule has 25 heavy (non-hydrogen) atoms. The second-order valence-corrected chi connectivity index (χ2v) is 6.94. The average Bonchev–Trinajstić information content (AvgIpc) is 2.61. The third-order valence-electron chi connectivity index (χ3n) is 4.46. The standard InChI is InChI=1S/C22H22ClNO/c1-24(2)20-12-10-16(11-13-20)14-18-7-5-8-19(22(18)25)15-17-6-3-4-9-21(17)23/h3-4,6,9-15H,5,7-8H2,1-2H3. The number of carbonyl (C=O) groups excluding carboxylic acids is 1. The summed E-state index contributed by atoms with van der Waals surface area (Å²) in [5.74, 6) is 0.142. The Balaban J connectivity index is 1.86. The van der Waals surface area contributed by atoms with Crippen LogP contribution in [-0.4, -0.2) is 19.9 Å². The lowest BCUT2D eigenvalue weighted by molar-refractivity contribution is -0.112. The van der Waals surface area contributed by atoms with Crippen molar-refractivity contribution in [1.82, 2.24) is 0 Å². The summed E-state index contributed by atoms with van der Waals surface area (Å²) in [5, 5.41) is 0.679. The van der Waals surface area contributed by atoms with Crippen molar-refractivity contribution in [3.05, 3.63) is 75.8 Å². The molecule has 1 fully saturated rings. The van der Waals surface area contributed by atoms with Gasteiger partial charge in [0.25, 0.3) is 0 Å². The lowest BCUT2D eigenvalue weighted by Crippen LogP contribution is -2.12. The molecule has 0 heterocycles. The molecule has 2 aromatic carbocycles. The number of hydrogen-bond acceptors (Lipinski definition) is 2. The van der Waals surface area contributed by atoms with Crippen LogP contribution < -0.4 is 4.90 Å². The van der Waals surface area contributed by atoms with Gasteiger partial charge in [-0.2, -0.15) is 0 Å². The highest BCUT2D eigenvalue weighted by molar-refractivity contribution is 6.32. The van der Waals surface area contributed by atoms with Gasteiger partial charge >= 0.3 is 0 Å². The van der Waals surface area contributed by atoms with E-state index in [9.17, 15) is 4.79 Å². The fourth-order valence-electron chi connectivity index (χ4n) is 3.03. The molecule has 1 aliphatic rings. The van der Waals surface area contributed by atoms with Gasteiger partial charge in [0.05, 0.1) is 0 Å². The van der Waals surface area contributed by atoms with Gasteiger partial charge in [0, 0.05) is 36.0 Å². The summed E-state index contributed by atoms with van der Waals surface area (Å²) in [4.78, 5) is 14.9. The minimum Gasteiger partial charge on any atom is -0.378 e. The van der Waals surface area contributed by atoms with Crippen LogP contribution in [0.25, 0.3) is 12.2 Å². The Morgan fingerprint density at radius 3 is 2.20 bits per heavy atom. The first kappa shape index (κ1) is 17.5. The molecule has 0 atom stereocenters. The third kappa shape index (κ3) is 4.21. The molecule has 0 saturated heterocycles. The Morgan fingerprint density at radius 1 is 0.920 bits per heavy atom. The van der Waals surface area contributed by atoms with Gasteiger partial charge in [-0.1, -0.05) is 41.9 Å². The Hall–Kier alpha value is -2.32. The van der Waals surface area contributed by atoms with Gasteiger partial charge in [-0.05, 0) is 60.7 Å². The van der Waals surface area contributed by atoms with E-state index in [1.165, 1.54) is 0 Å². The summed E-state index contributed by atoms with van der Waals surface area (Å²) in [7, 11) is 4.04. The molecule has 3 rings (SSSR count). The van der Waals surface area contributed by atoms with Gasteiger partial charge in [-0.3, -0.25) is 4.79 Å². The fraction of sp³-hybridized carbons (Fsp3) is 0.227. The first-order chi connectivity index (χ1) is 12.0. The van der Waals surface area contributed by atoms with Gasteiger partial charge < -0.3 is 4.90 Å². The Bertz CT molecular complexity index is 831. The number of Topliss-reactive ketones (excluding diaryl/α,β-unsaturated/α-hetero) is 1. The van der Waals surface area contributed by atoms with Crippen LogP contribution in [0.1, 0.15) is 30.4 Å². The number of halogens is 1. The Kier molecular flexibility index (Phi) is 5.40. The maximum atomic E-state index is 12.8. The van der Waals surface area contributed by atoms with Crippen molar-refractivity contribution >= 4 is 35.2 Å². The van der Waals surface area contributed by atoms with E-state index >= 15 is 0 Å². The molecular formula is C22H22ClNO. The molecule has 0 aromatic heterocycles. The summed E-state index contributed by atoms with van der Waals surface area (Å²) in [6.07, 6.45) is 6.58. The number of carbonyl (C=O) groups is 1. The number of hydrogen-bond donors (Lipinski definition) is 0. The predicted octanol–water partition coefficient (Wildman–Crippen LogP) is 5.63. The zero-order valence-corrected chi connectivity index (χ0v) is 15.4. The predicted molar refractivity (Wildman–Crippen MR) is 107 cm³/mol. The summed E-state index contributed by atoms with van der Waals surface area (Å²) in [5.41, 5.74) is 4.84.